The van der Waals surface area contributed by atoms with E-state index in [1.807, 2.05) is 0 Å². The molecule has 2 heterocycles. The molecule has 0 aromatic heterocycles. The first-order chi connectivity index (χ1) is 21.5. The van der Waals surface area contributed by atoms with Crippen molar-refractivity contribution in [2.45, 2.75) is 206 Å². The van der Waals surface area contributed by atoms with Gasteiger partial charge in [-0.25, -0.2) is 20.4 Å². The van der Waals surface area contributed by atoms with E-state index in [1.54, 1.807) is 0 Å². The zero-order valence-corrected chi connectivity index (χ0v) is 31.2. The van der Waals surface area contributed by atoms with Crippen LogP contribution in [0.2, 0.25) is 0 Å². The summed E-state index contributed by atoms with van der Waals surface area (Å²) >= 11 is 0. The Bertz CT molecular complexity index is 801. The zero-order chi connectivity index (χ0) is 34.4. The van der Waals surface area contributed by atoms with Crippen LogP contribution in [0.3, 0.4) is 0 Å². The van der Waals surface area contributed by atoms with Crippen molar-refractivity contribution >= 4 is 12.2 Å². The third-order valence-electron chi connectivity index (χ3n) is 9.36. The second-order valence-electron chi connectivity index (χ2n) is 16.2. The summed E-state index contributed by atoms with van der Waals surface area (Å²) < 4.78 is 11.5. The molecule has 2 N–H and O–H groups in total. The Morgan fingerprint density at radius 2 is 0.804 bits per heavy atom. The number of nitrogens with zero attached hydrogens (tertiary/aromatic N) is 2. The minimum Gasteiger partial charge on any atom is -0.445 e. The van der Waals surface area contributed by atoms with Gasteiger partial charge in [-0.3, -0.25) is 9.68 Å². The summed E-state index contributed by atoms with van der Waals surface area (Å²) in [7, 11) is 0. The molecule has 0 bridgehead atoms. The van der Waals surface area contributed by atoms with Gasteiger partial charge in [-0.2, -0.15) is 10.1 Å². The van der Waals surface area contributed by atoms with E-state index in [9.17, 15) is 9.59 Å². The van der Waals surface area contributed by atoms with Gasteiger partial charge in [0, 0.05) is 47.8 Å². The molecule has 2 fully saturated rings. The number of carbonyl (C=O) groups excluding carboxylic acids is 2. The maximum Gasteiger partial charge on any atom is 0.426 e. The Labute approximate surface area is 281 Å². The molecule has 2 rings (SSSR count). The summed E-state index contributed by atoms with van der Waals surface area (Å²) in [6.07, 6.45) is 15.0. The van der Waals surface area contributed by atoms with Crippen LogP contribution in [0.15, 0.2) is 0 Å². The minimum absolute atomic E-state index is 0.320. The van der Waals surface area contributed by atoms with Gasteiger partial charge < -0.3 is 9.47 Å². The molecular weight excluding hydrogens is 584 g/mol. The van der Waals surface area contributed by atoms with Crippen LogP contribution in [0.25, 0.3) is 0 Å². The first kappa shape index (κ1) is 40.6. The lowest BCUT2D eigenvalue weighted by atomic mass is 9.80. The van der Waals surface area contributed by atoms with Crippen molar-refractivity contribution in [3.05, 3.63) is 0 Å². The molecule has 10 heteroatoms. The number of unbranched alkanes of at least 4 members (excludes halogenated alkanes) is 10. The molecule has 0 spiro atoms. The number of amides is 2. The van der Waals surface area contributed by atoms with Crippen molar-refractivity contribution in [3.63, 3.8) is 0 Å². The summed E-state index contributed by atoms with van der Waals surface area (Å²) in [6.45, 7) is 22.8. The normalized spacial score (nSPS) is 21.5. The Morgan fingerprint density at radius 3 is 1.11 bits per heavy atom. The third kappa shape index (κ3) is 13.5. The highest BCUT2D eigenvalue weighted by Crippen LogP contribution is 2.41. The number of hydrazine groups is 1. The summed E-state index contributed by atoms with van der Waals surface area (Å²) in [5, 5.41) is 4.18. The van der Waals surface area contributed by atoms with E-state index in [0.29, 0.717) is 38.9 Å². The second-order valence-corrected chi connectivity index (χ2v) is 16.2. The van der Waals surface area contributed by atoms with E-state index in [0.717, 1.165) is 12.8 Å². The van der Waals surface area contributed by atoms with E-state index in [2.05, 4.69) is 90.2 Å². The Morgan fingerprint density at radius 1 is 0.522 bits per heavy atom. The SMILES string of the molecule is CCCCCCCCON1C(C)(C)CC(OC(=O)NNC(=O)OC2CC(C)(C)N(OCCCCCCCC)C(C)(C)C2)CC1(C)C. The first-order valence-corrected chi connectivity index (χ1v) is 18.3. The van der Waals surface area contributed by atoms with Crippen LogP contribution >= 0.6 is 0 Å². The predicted molar refractivity (Wildman–Crippen MR) is 184 cm³/mol. The fourth-order valence-corrected chi connectivity index (χ4v) is 7.75. The van der Waals surface area contributed by atoms with Crippen LogP contribution in [-0.2, 0) is 19.1 Å². The van der Waals surface area contributed by atoms with E-state index in [1.165, 1.54) is 64.2 Å². The van der Waals surface area contributed by atoms with E-state index in [4.69, 9.17) is 19.1 Å². The molecule has 0 aromatic carbocycles. The number of ether oxygens (including phenoxy) is 2. The number of piperidine rings is 2. The molecule has 2 saturated heterocycles. The van der Waals surface area contributed by atoms with Gasteiger partial charge in [0.05, 0.1) is 13.2 Å². The molecular formula is C36H70N4O6. The minimum atomic E-state index is -0.700. The zero-order valence-electron chi connectivity index (χ0n) is 31.2. The highest BCUT2D eigenvalue weighted by molar-refractivity contribution is 5.73. The summed E-state index contributed by atoms with van der Waals surface area (Å²) in [5.74, 6) is 0. The molecule has 0 unspecified atom stereocenters. The number of rotatable bonds is 18. The van der Waals surface area contributed by atoms with Gasteiger partial charge in [-0.15, -0.1) is 0 Å². The van der Waals surface area contributed by atoms with E-state index < -0.39 is 12.2 Å². The van der Waals surface area contributed by atoms with Crippen molar-refractivity contribution in [1.82, 2.24) is 21.0 Å². The maximum atomic E-state index is 12.7. The maximum absolute atomic E-state index is 12.7. The van der Waals surface area contributed by atoms with Gasteiger partial charge >= 0.3 is 12.2 Å². The smallest absolute Gasteiger partial charge is 0.426 e. The lowest BCUT2D eigenvalue weighted by Gasteiger charge is -2.53. The van der Waals surface area contributed by atoms with Crippen LogP contribution in [-0.4, -0.2) is 69.9 Å². The van der Waals surface area contributed by atoms with Gasteiger partial charge in [0.15, 0.2) is 0 Å². The van der Waals surface area contributed by atoms with Crippen molar-refractivity contribution in [2.75, 3.05) is 13.2 Å². The van der Waals surface area contributed by atoms with Gasteiger partial charge in [0.1, 0.15) is 12.2 Å². The molecule has 2 aliphatic heterocycles. The third-order valence-corrected chi connectivity index (χ3v) is 9.36. The van der Waals surface area contributed by atoms with Gasteiger partial charge in [-0.1, -0.05) is 78.1 Å². The standard InChI is InChI=1S/C36H70N4O6/c1-11-13-15-17-19-21-23-43-39-33(3,4)25-29(26-34(39,5)6)45-31(41)37-38-32(42)46-30-27-35(7,8)40(36(9,10)28-30)44-24-22-20-18-16-14-12-2/h29-30H,11-28H2,1-10H3,(H,37,41)(H,38,42). The number of hydrogen-bond donors (Lipinski definition) is 2. The Kier molecular flexibility index (Phi) is 16.6. The average Bonchev–Trinajstić information content (AvgIpc) is 2.92. The summed E-state index contributed by atoms with van der Waals surface area (Å²) in [6, 6.07) is 0. The quantitative estimate of drug-likeness (QED) is 0.112. The molecule has 2 aliphatic rings. The molecule has 270 valence electrons. The van der Waals surface area contributed by atoms with Crippen molar-refractivity contribution in [2.24, 2.45) is 0 Å². The van der Waals surface area contributed by atoms with Crippen molar-refractivity contribution in [3.8, 4) is 0 Å². The van der Waals surface area contributed by atoms with Gasteiger partial charge in [-0.05, 0) is 68.2 Å². The number of hydroxylamine groups is 4. The molecule has 0 saturated carbocycles. The predicted octanol–water partition coefficient (Wildman–Crippen LogP) is 8.98. The molecule has 0 aromatic rings. The van der Waals surface area contributed by atoms with Crippen LogP contribution < -0.4 is 10.9 Å². The van der Waals surface area contributed by atoms with Crippen LogP contribution in [0.5, 0.6) is 0 Å². The lowest BCUT2D eigenvalue weighted by Crippen LogP contribution is -2.62. The molecule has 0 radical (unpaired) electrons. The monoisotopic (exact) mass is 655 g/mol. The van der Waals surface area contributed by atoms with E-state index >= 15 is 0 Å². The largest absolute Gasteiger partial charge is 0.445 e. The molecule has 2 amide bonds. The summed E-state index contributed by atoms with van der Waals surface area (Å²) in [5.41, 5.74) is 3.47. The van der Waals surface area contributed by atoms with Crippen LogP contribution in [0, 0.1) is 0 Å². The number of carbonyl (C=O) groups is 2. The summed E-state index contributed by atoms with van der Waals surface area (Å²) in [4.78, 5) is 38.0. The molecule has 0 atom stereocenters. The van der Waals surface area contributed by atoms with Crippen LogP contribution in [0.1, 0.15) is 172 Å². The first-order valence-electron chi connectivity index (χ1n) is 18.3. The average molecular weight is 655 g/mol. The molecule has 46 heavy (non-hydrogen) atoms. The Balaban J connectivity index is 1.76. The number of nitrogens with one attached hydrogen (secondary N) is 2. The Hall–Kier alpha value is -1.62. The number of hydrogen-bond acceptors (Lipinski definition) is 8. The van der Waals surface area contributed by atoms with Gasteiger partial charge in [0.2, 0.25) is 0 Å². The molecule has 10 nitrogen and oxygen atoms in total. The van der Waals surface area contributed by atoms with Gasteiger partial charge in [0.25, 0.3) is 0 Å². The highest BCUT2D eigenvalue weighted by Gasteiger charge is 2.49. The van der Waals surface area contributed by atoms with Crippen molar-refractivity contribution < 1.29 is 28.7 Å². The van der Waals surface area contributed by atoms with Crippen LogP contribution in [0.4, 0.5) is 9.59 Å². The topological polar surface area (TPSA) is 102 Å². The lowest BCUT2D eigenvalue weighted by molar-refractivity contribution is -0.292. The second kappa shape index (κ2) is 18.8. The van der Waals surface area contributed by atoms with Crippen molar-refractivity contribution in [1.29, 1.82) is 0 Å². The fourth-order valence-electron chi connectivity index (χ4n) is 7.75. The molecule has 0 aliphatic carbocycles. The highest BCUT2D eigenvalue weighted by atomic mass is 16.7. The van der Waals surface area contributed by atoms with E-state index in [-0.39, 0.29) is 34.4 Å². The fraction of sp³-hybridized carbons (Fsp3) is 0.944.